The molecule has 2 rings (SSSR count). The third-order valence-corrected chi connectivity index (χ3v) is 6.87. The zero-order valence-corrected chi connectivity index (χ0v) is 18.2. The number of hydrogen-bond donors (Lipinski definition) is 2. The van der Waals surface area contributed by atoms with Crippen molar-refractivity contribution in [1.29, 1.82) is 0 Å². The van der Waals surface area contributed by atoms with E-state index in [1.165, 1.54) is 34.6 Å². The van der Waals surface area contributed by atoms with E-state index < -0.39 is 20.9 Å². The van der Waals surface area contributed by atoms with Crippen LogP contribution in [0.5, 0.6) is 0 Å². The third kappa shape index (κ3) is 5.68. The topological polar surface area (TPSA) is 122 Å². The number of nitro benzene ring substituents is 1. The summed E-state index contributed by atoms with van der Waals surface area (Å²) in [6.07, 6.45) is 0. The SMILES string of the molecule is CCN(CC)S(=O)(=O)c1cc(C(=O)NCCNc2ccc([N+](=O)[O-])cc2)ccc1Cl. The van der Waals surface area contributed by atoms with E-state index in [4.69, 9.17) is 11.6 Å². The maximum absolute atomic E-state index is 12.7. The Morgan fingerprint density at radius 1 is 1.10 bits per heavy atom. The van der Waals surface area contributed by atoms with Crippen LogP contribution in [0.1, 0.15) is 24.2 Å². The van der Waals surface area contributed by atoms with E-state index in [1.807, 2.05) is 0 Å². The molecule has 0 aliphatic heterocycles. The van der Waals surface area contributed by atoms with Gasteiger partial charge in [-0.15, -0.1) is 0 Å². The van der Waals surface area contributed by atoms with Crippen LogP contribution in [0, 0.1) is 10.1 Å². The van der Waals surface area contributed by atoms with Crippen molar-refractivity contribution in [3.63, 3.8) is 0 Å². The average molecular weight is 455 g/mol. The highest BCUT2D eigenvalue weighted by Crippen LogP contribution is 2.26. The number of nitrogens with one attached hydrogen (secondary N) is 2. The molecule has 0 aromatic heterocycles. The van der Waals surface area contributed by atoms with Gasteiger partial charge < -0.3 is 10.6 Å². The number of halogens is 1. The normalized spacial score (nSPS) is 11.3. The molecule has 0 unspecified atom stereocenters. The number of sulfonamides is 1. The van der Waals surface area contributed by atoms with Crippen molar-refractivity contribution in [2.24, 2.45) is 0 Å². The number of anilines is 1. The van der Waals surface area contributed by atoms with Gasteiger partial charge in [0.05, 0.1) is 9.95 Å². The van der Waals surface area contributed by atoms with Crippen molar-refractivity contribution < 1.29 is 18.1 Å². The Hall–Kier alpha value is -2.69. The first-order valence-corrected chi connectivity index (χ1v) is 11.1. The van der Waals surface area contributed by atoms with Gasteiger partial charge in [-0.3, -0.25) is 14.9 Å². The lowest BCUT2D eigenvalue weighted by Crippen LogP contribution is -2.32. The van der Waals surface area contributed by atoms with E-state index in [2.05, 4.69) is 10.6 Å². The first-order chi connectivity index (χ1) is 14.2. The molecule has 30 heavy (non-hydrogen) atoms. The summed E-state index contributed by atoms with van der Waals surface area (Å²) in [5.74, 6) is -0.437. The fourth-order valence-electron chi connectivity index (χ4n) is 2.73. The molecule has 2 aromatic carbocycles. The summed E-state index contributed by atoms with van der Waals surface area (Å²) in [5, 5.41) is 16.4. The Bertz CT molecular complexity index is 1010. The first-order valence-electron chi connectivity index (χ1n) is 9.27. The van der Waals surface area contributed by atoms with Gasteiger partial charge in [0.25, 0.3) is 11.6 Å². The number of hydrogen-bond acceptors (Lipinski definition) is 6. The van der Waals surface area contributed by atoms with E-state index in [0.29, 0.717) is 25.3 Å². The summed E-state index contributed by atoms with van der Waals surface area (Å²) in [6.45, 7) is 4.67. The van der Waals surface area contributed by atoms with Gasteiger partial charge in [-0.25, -0.2) is 8.42 Å². The van der Waals surface area contributed by atoms with Crippen LogP contribution < -0.4 is 10.6 Å². The lowest BCUT2D eigenvalue weighted by molar-refractivity contribution is -0.384. The smallest absolute Gasteiger partial charge is 0.269 e. The fourth-order valence-corrected chi connectivity index (χ4v) is 4.69. The minimum atomic E-state index is -3.80. The molecular formula is C19H23ClN4O5S. The monoisotopic (exact) mass is 454 g/mol. The van der Waals surface area contributed by atoms with Crippen molar-refractivity contribution in [2.75, 3.05) is 31.5 Å². The van der Waals surface area contributed by atoms with E-state index >= 15 is 0 Å². The van der Waals surface area contributed by atoms with Crippen molar-refractivity contribution in [3.05, 3.63) is 63.2 Å². The molecule has 1 amide bonds. The molecule has 0 aliphatic carbocycles. The number of nitrogens with zero attached hydrogens (tertiary/aromatic N) is 2. The maximum Gasteiger partial charge on any atom is 0.269 e. The van der Waals surface area contributed by atoms with Crippen LogP contribution in [-0.4, -0.2) is 49.7 Å². The molecular weight excluding hydrogens is 432 g/mol. The van der Waals surface area contributed by atoms with Gasteiger partial charge in [-0.2, -0.15) is 4.31 Å². The second kappa shape index (κ2) is 10.4. The molecule has 11 heteroatoms. The number of carbonyl (C=O) groups is 1. The van der Waals surface area contributed by atoms with Crippen molar-refractivity contribution in [1.82, 2.24) is 9.62 Å². The standard InChI is InChI=1S/C19H23ClN4O5S/c1-3-23(4-2)30(28,29)18-13-14(5-10-17(18)20)19(25)22-12-11-21-15-6-8-16(9-7-15)24(26)27/h5-10,13,21H,3-4,11-12H2,1-2H3,(H,22,25). The first kappa shape index (κ1) is 23.6. The lowest BCUT2D eigenvalue weighted by atomic mass is 10.2. The second-order valence-corrected chi connectivity index (χ2v) is 8.53. The predicted octanol–water partition coefficient (Wildman–Crippen LogP) is 3.12. The van der Waals surface area contributed by atoms with Gasteiger partial charge in [0.1, 0.15) is 4.90 Å². The minimum Gasteiger partial charge on any atom is -0.383 e. The number of benzene rings is 2. The highest BCUT2D eigenvalue weighted by molar-refractivity contribution is 7.89. The molecule has 0 bridgehead atoms. The van der Waals surface area contributed by atoms with Crippen LogP contribution in [0.3, 0.4) is 0 Å². The summed E-state index contributed by atoms with van der Waals surface area (Å²) in [4.78, 5) is 22.5. The molecule has 0 fully saturated rings. The van der Waals surface area contributed by atoms with E-state index in [-0.39, 0.29) is 27.7 Å². The molecule has 0 spiro atoms. The number of nitro groups is 1. The van der Waals surface area contributed by atoms with Crippen LogP contribution in [0.2, 0.25) is 5.02 Å². The van der Waals surface area contributed by atoms with Crippen LogP contribution in [0.25, 0.3) is 0 Å². The fraction of sp³-hybridized carbons (Fsp3) is 0.316. The van der Waals surface area contributed by atoms with Gasteiger partial charge in [0, 0.05) is 49.6 Å². The van der Waals surface area contributed by atoms with Crippen molar-refractivity contribution in [3.8, 4) is 0 Å². The Morgan fingerprint density at radius 2 is 1.73 bits per heavy atom. The van der Waals surface area contributed by atoms with Crippen molar-refractivity contribution in [2.45, 2.75) is 18.7 Å². The highest BCUT2D eigenvalue weighted by Gasteiger charge is 2.25. The third-order valence-electron chi connectivity index (χ3n) is 4.33. The molecule has 2 aromatic rings. The molecule has 9 nitrogen and oxygen atoms in total. The van der Waals surface area contributed by atoms with Gasteiger partial charge in [-0.1, -0.05) is 25.4 Å². The van der Waals surface area contributed by atoms with Crippen molar-refractivity contribution >= 4 is 38.9 Å². The lowest BCUT2D eigenvalue weighted by Gasteiger charge is -2.19. The molecule has 0 aliphatic rings. The minimum absolute atomic E-state index is 0.00735. The summed E-state index contributed by atoms with van der Waals surface area (Å²) < 4.78 is 26.7. The molecule has 2 N–H and O–H groups in total. The quantitative estimate of drug-likeness (QED) is 0.323. The van der Waals surface area contributed by atoms with Crippen LogP contribution in [0.4, 0.5) is 11.4 Å². The van der Waals surface area contributed by atoms with Crippen LogP contribution in [-0.2, 0) is 10.0 Å². The number of rotatable bonds is 10. The summed E-state index contributed by atoms with van der Waals surface area (Å²) >= 11 is 6.08. The Balaban J connectivity index is 1.99. The molecule has 0 saturated carbocycles. The van der Waals surface area contributed by atoms with Gasteiger partial charge in [-0.05, 0) is 30.3 Å². The van der Waals surface area contributed by atoms with Crippen LogP contribution >= 0.6 is 11.6 Å². The second-order valence-electron chi connectivity index (χ2n) is 6.22. The zero-order chi connectivity index (χ0) is 22.3. The van der Waals surface area contributed by atoms with E-state index in [1.54, 1.807) is 26.0 Å². The summed E-state index contributed by atoms with van der Waals surface area (Å²) in [5.41, 5.74) is 0.849. The highest BCUT2D eigenvalue weighted by atomic mass is 35.5. The van der Waals surface area contributed by atoms with E-state index in [9.17, 15) is 23.3 Å². The Morgan fingerprint density at radius 3 is 2.30 bits per heavy atom. The summed E-state index contributed by atoms with van der Waals surface area (Å²) in [6, 6.07) is 10.0. The van der Waals surface area contributed by atoms with Gasteiger partial charge in [0.15, 0.2) is 0 Å². The molecule has 0 atom stereocenters. The average Bonchev–Trinajstić information content (AvgIpc) is 2.72. The Kier molecular flexibility index (Phi) is 8.16. The van der Waals surface area contributed by atoms with Gasteiger partial charge in [0.2, 0.25) is 10.0 Å². The van der Waals surface area contributed by atoms with E-state index in [0.717, 1.165) is 0 Å². The molecule has 0 saturated heterocycles. The number of amides is 1. The molecule has 0 heterocycles. The zero-order valence-electron chi connectivity index (χ0n) is 16.6. The van der Waals surface area contributed by atoms with Crippen LogP contribution in [0.15, 0.2) is 47.4 Å². The number of non-ortho nitro benzene ring substituents is 1. The number of carbonyl (C=O) groups excluding carboxylic acids is 1. The maximum atomic E-state index is 12.7. The summed E-state index contributed by atoms with van der Waals surface area (Å²) in [7, 11) is -3.80. The predicted molar refractivity (Wildman–Crippen MR) is 115 cm³/mol. The molecule has 162 valence electrons. The largest absolute Gasteiger partial charge is 0.383 e. The Labute approximate surface area is 180 Å². The molecule has 0 radical (unpaired) electrons. The van der Waals surface area contributed by atoms with Gasteiger partial charge >= 0.3 is 0 Å².